The summed E-state index contributed by atoms with van der Waals surface area (Å²) >= 11 is 0. The van der Waals surface area contributed by atoms with Gasteiger partial charge in [0.2, 0.25) is 15.9 Å². The Labute approximate surface area is 145 Å². The number of sulfonamides is 1. The van der Waals surface area contributed by atoms with Gasteiger partial charge in [-0.15, -0.1) is 0 Å². The number of carbonyl (C=O) groups is 1. The lowest BCUT2D eigenvalue weighted by Gasteiger charge is -2.17. The SMILES string of the molecule is Cc1ccc(S(=O)(=O)NCCN(C)C(=O)CCCCCCN)cc1. The van der Waals surface area contributed by atoms with Gasteiger partial charge >= 0.3 is 0 Å². The maximum atomic E-state index is 12.1. The van der Waals surface area contributed by atoms with E-state index in [9.17, 15) is 13.2 Å². The van der Waals surface area contributed by atoms with Crippen molar-refractivity contribution in [2.45, 2.75) is 43.9 Å². The number of benzene rings is 1. The van der Waals surface area contributed by atoms with Crippen molar-refractivity contribution < 1.29 is 13.2 Å². The molecule has 0 aliphatic rings. The van der Waals surface area contributed by atoms with E-state index in [0.717, 1.165) is 31.2 Å². The van der Waals surface area contributed by atoms with Crippen LogP contribution < -0.4 is 10.5 Å². The number of likely N-dealkylation sites (N-methyl/N-ethyl adjacent to an activating group) is 1. The van der Waals surface area contributed by atoms with Crippen molar-refractivity contribution in [1.82, 2.24) is 9.62 Å². The van der Waals surface area contributed by atoms with Gasteiger partial charge < -0.3 is 10.6 Å². The standard InChI is InChI=1S/C17H29N3O3S/c1-15-8-10-16(11-9-15)24(22,23)19-13-14-20(2)17(21)7-5-3-4-6-12-18/h8-11,19H,3-7,12-14,18H2,1-2H3. The molecule has 6 nitrogen and oxygen atoms in total. The van der Waals surface area contributed by atoms with Crippen LogP contribution in [0.15, 0.2) is 29.2 Å². The Hall–Kier alpha value is -1.44. The summed E-state index contributed by atoms with van der Waals surface area (Å²) < 4.78 is 26.8. The fourth-order valence-corrected chi connectivity index (χ4v) is 3.26. The summed E-state index contributed by atoms with van der Waals surface area (Å²) in [5.41, 5.74) is 6.43. The van der Waals surface area contributed by atoms with Crippen LogP contribution in [0.4, 0.5) is 0 Å². The van der Waals surface area contributed by atoms with Crippen LogP contribution in [0.3, 0.4) is 0 Å². The van der Waals surface area contributed by atoms with Crippen LogP contribution in [0, 0.1) is 6.92 Å². The molecule has 0 bridgehead atoms. The zero-order chi connectivity index (χ0) is 18.0. The topological polar surface area (TPSA) is 92.5 Å². The lowest BCUT2D eigenvalue weighted by molar-refractivity contribution is -0.129. The van der Waals surface area contributed by atoms with Crippen molar-refractivity contribution in [2.75, 3.05) is 26.7 Å². The minimum atomic E-state index is -3.53. The van der Waals surface area contributed by atoms with Crippen LogP contribution in [0.2, 0.25) is 0 Å². The molecule has 0 aliphatic heterocycles. The van der Waals surface area contributed by atoms with Crippen molar-refractivity contribution in [3.05, 3.63) is 29.8 Å². The molecule has 1 aromatic rings. The van der Waals surface area contributed by atoms with Crippen LogP contribution in [0.5, 0.6) is 0 Å². The summed E-state index contributed by atoms with van der Waals surface area (Å²) in [5, 5.41) is 0. The summed E-state index contributed by atoms with van der Waals surface area (Å²) in [6.45, 7) is 3.15. The zero-order valence-electron chi connectivity index (χ0n) is 14.6. The van der Waals surface area contributed by atoms with Crippen LogP contribution in [0.25, 0.3) is 0 Å². The first kappa shape index (κ1) is 20.6. The predicted molar refractivity (Wildman–Crippen MR) is 96.1 cm³/mol. The van der Waals surface area contributed by atoms with E-state index in [4.69, 9.17) is 5.73 Å². The highest BCUT2D eigenvalue weighted by Gasteiger charge is 2.14. The van der Waals surface area contributed by atoms with Gasteiger partial charge in [0.25, 0.3) is 0 Å². The van der Waals surface area contributed by atoms with E-state index < -0.39 is 10.0 Å². The first-order valence-corrected chi connectivity index (χ1v) is 9.85. The van der Waals surface area contributed by atoms with Gasteiger partial charge in [0.1, 0.15) is 0 Å². The molecule has 0 aromatic heterocycles. The van der Waals surface area contributed by atoms with Crippen LogP contribution in [-0.2, 0) is 14.8 Å². The molecule has 0 saturated carbocycles. The number of carbonyl (C=O) groups excluding carboxylic acids is 1. The highest BCUT2D eigenvalue weighted by Crippen LogP contribution is 2.09. The summed E-state index contributed by atoms with van der Waals surface area (Å²) in [6.07, 6.45) is 4.37. The third kappa shape index (κ3) is 7.42. The van der Waals surface area contributed by atoms with Crippen LogP contribution in [0.1, 0.15) is 37.7 Å². The molecule has 7 heteroatoms. The molecule has 0 radical (unpaired) electrons. The van der Waals surface area contributed by atoms with E-state index in [1.807, 2.05) is 6.92 Å². The second kappa shape index (κ2) is 10.4. The number of hydrogen-bond donors (Lipinski definition) is 2. The van der Waals surface area contributed by atoms with Crippen molar-refractivity contribution in [2.24, 2.45) is 5.73 Å². The quantitative estimate of drug-likeness (QED) is 0.590. The molecule has 0 saturated heterocycles. The number of rotatable bonds is 11. The van der Waals surface area contributed by atoms with Gasteiger partial charge in [-0.05, 0) is 38.4 Å². The van der Waals surface area contributed by atoms with Gasteiger partial charge in [0.15, 0.2) is 0 Å². The summed E-state index contributed by atoms with van der Waals surface area (Å²) in [4.78, 5) is 13.8. The molecule has 1 amide bonds. The average Bonchev–Trinajstić information content (AvgIpc) is 2.54. The molecule has 1 aromatic carbocycles. The first-order valence-electron chi connectivity index (χ1n) is 8.37. The Morgan fingerprint density at radius 3 is 2.38 bits per heavy atom. The van der Waals surface area contributed by atoms with E-state index in [0.29, 0.717) is 19.5 Å². The van der Waals surface area contributed by atoms with Crippen LogP contribution >= 0.6 is 0 Å². The lowest BCUT2D eigenvalue weighted by atomic mass is 10.1. The third-order valence-corrected chi connectivity index (χ3v) is 5.32. The van der Waals surface area contributed by atoms with E-state index in [1.165, 1.54) is 0 Å². The maximum absolute atomic E-state index is 12.1. The highest BCUT2D eigenvalue weighted by atomic mass is 32.2. The predicted octanol–water partition coefficient (Wildman–Crippen LogP) is 1.64. The molecule has 136 valence electrons. The maximum Gasteiger partial charge on any atom is 0.240 e. The number of hydrogen-bond acceptors (Lipinski definition) is 4. The van der Waals surface area contributed by atoms with E-state index in [-0.39, 0.29) is 17.3 Å². The molecular formula is C17H29N3O3S. The normalized spacial score (nSPS) is 11.5. The largest absolute Gasteiger partial charge is 0.344 e. The van der Waals surface area contributed by atoms with Crippen molar-refractivity contribution in [3.8, 4) is 0 Å². The monoisotopic (exact) mass is 355 g/mol. The number of nitrogens with one attached hydrogen (secondary N) is 1. The smallest absolute Gasteiger partial charge is 0.240 e. The lowest BCUT2D eigenvalue weighted by Crippen LogP contribution is -2.36. The molecule has 3 N–H and O–H groups in total. The molecule has 0 heterocycles. The van der Waals surface area contributed by atoms with E-state index >= 15 is 0 Å². The molecule has 0 spiro atoms. The molecule has 0 aliphatic carbocycles. The third-order valence-electron chi connectivity index (χ3n) is 3.84. The molecule has 1 rings (SSSR count). The fraction of sp³-hybridized carbons (Fsp3) is 0.588. The molecule has 0 unspecified atom stereocenters. The first-order chi connectivity index (χ1) is 11.4. The molecule has 0 fully saturated rings. The minimum Gasteiger partial charge on any atom is -0.344 e. The van der Waals surface area contributed by atoms with Gasteiger partial charge in [-0.3, -0.25) is 4.79 Å². The fourth-order valence-electron chi connectivity index (χ4n) is 2.24. The second-order valence-electron chi connectivity index (χ2n) is 5.98. The van der Waals surface area contributed by atoms with Gasteiger partial charge in [0.05, 0.1) is 4.90 Å². The van der Waals surface area contributed by atoms with Crippen LogP contribution in [-0.4, -0.2) is 45.9 Å². The van der Waals surface area contributed by atoms with Gasteiger partial charge in [-0.2, -0.15) is 0 Å². The Morgan fingerprint density at radius 1 is 1.12 bits per heavy atom. The Balaban J connectivity index is 2.32. The van der Waals surface area contributed by atoms with Crippen molar-refractivity contribution in [3.63, 3.8) is 0 Å². The number of amides is 1. The molecular weight excluding hydrogens is 326 g/mol. The summed E-state index contributed by atoms with van der Waals surface area (Å²) in [5.74, 6) is 0.0392. The van der Waals surface area contributed by atoms with Gasteiger partial charge in [-0.25, -0.2) is 13.1 Å². The number of aryl methyl sites for hydroxylation is 1. The minimum absolute atomic E-state index is 0.0392. The summed E-state index contributed by atoms with van der Waals surface area (Å²) in [6, 6.07) is 6.67. The number of unbranched alkanes of at least 4 members (excludes halogenated alkanes) is 3. The second-order valence-corrected chi connectivity index (χ2v) is 7.75. The Bertz CT molecular complexity index is 600. The Kier molecular flexibility index (Phi) is 8.95. The van der Waals surface area contributed by atoms with Crippen molar-refractivity contribution >= 4 is 15.9 Å². The van der Waals surface area contributed by atoms with E-state index in [2.05, 4.69) is 4.72 Å². The van der Waals surface area contributed by atoms with Gasteiger partial charge in [-0.1, -0.05) is 30.5 Å². The number of nitrogens with zero attached hydrogens (tertiary/aromatic N) is 1. The van der Waals surface area contributed by atoms with E-state index in [1.54, 1.807) is 36.2 Å². The zero-order valence-corrected chi connectivity index (χ0v) is 15.4. The molecule has 0 atom stereocenters. The highest BCUT2D eigenvalue weighted by molar-refractivity contribution is 7.89. The number of nitrogens with two attached hydrogens (primary N) is 1. The Morgan fingerprint density at radius 2 is 1.75 bits per heavy atom. The summed E-state index contributed by atoms with van der Waals surface area (Å²) in [7, 11) is -1.83. The molecule has 24 heavy (non-hydrogen) atoms. The van der Waals surface area contributed by atoms with Gasteiger partial charge in [0, 0.05) is 26.6 Å². The van der Waals surface area contributed by atoms with Crippen molar-refractivity contribution in [1.29, 1.82) is 0 Å². The average molecular weight is 356 g/mol.